The standard InChI is InChI=1S/C18H23NO/c1-13-5-4-6-17(11-13)19-10-9-18(20)16-8-7-14(2)15(3)12-16/h4-8,11-12,18-20H,9-10H2,1-3H3. The highest BCUT2D eigenvalue weighted by Crippen LogP contribution is 2.20. The molecule has 2 nitrogen and oxygen atoms in total. The molecule has 0 fully saturated rings. The Kier molecular flexibility index (Phi) is 4.80. The monoisotopic (exact) mass is 269 g/mol. The quantitative estimate of drug-likeness (QED) is 0.854. The zero-order valence-electron chi connectivity index (χ0n) is 12.5. The van der Waals surface area contributed by atoms with Crippen LogP contribution in [0, 0.1) is 20.8 Å². The zero-order chi connectivity index (χ0) is 14.5. The van der Waals surface area contributed by atoms with Gasteiger partial charge < -0.3 is 10.4 Å². The van der Waals surface area contributed by atoms with Crippen LogP contribution in [0.15, 0.2) is 42.5 Å². The molecule has 0 heterocycles. The number of aliphatic hydroxyl groups is 1. The normalized spacial score (nSPS) is 12.2. The molecule has 0 radical (unpaired) electrons. The number of hydrogen-bond donors (Lipinski definition) is 2. The fourth-order valence-corrected chi connectivity index (χ4v) is 2.25. The van der Waals surface area contributed by atoms with E-state index < -0.39 is 6.10 Å². The highest BCUT2D eigenvalue weighted by molar-refractivity contribution is 5.45. The Morgan fingerprint density at radius 3 is 2.50 bits per heavy atom. The van der Waals surface area contributed by atoms with E-state index in [9.17, 15) is 5.11 Å². The first kappa shape index (κ1) is 14.6. The lowest BCUT2D eigenvalue weighted by molar-refractivity contribution is 0.171. The number of hydrogen-bond acceptors (Lipinski definition) is 2. The van der Waals surface area contributed by atoms with Crippen LogP contribution in [-0.2, 0) is 0 Å². The molecule has 1 unspecified atom stereocenters. The van der Waals surface area contributed by atoms with Crippen molar-refractivity contribution in [1.29, 1.82) is 0 Å². The van der Waals surface area contributed by atoms with Gasteiger partial charge in [0.1, 0.15) is 0 Å². The van der Waals surface area contributed by atoms with Crippen LogP contribution in [0.2, 0.25) is 0 Å². The molecule has 0 amide bonds. The predicted octanol–water partition coefficient (Wildman–Crippen LogP) is 4.15. The summed E-state index contributed by atoms with van der Waals surface area (Å²) < 4.78 is 0. The number of benzene rings is 2. The zero-order valence-corrected chi connectivity index (χ0v) is 12.5. The summed E-state index contributed by atoms with van der Waals surface area (Å²) in [5.41, 5.74) is 5.84. The molecule has 0 bridgehead atoms. The molecule has 0 saturated carbocycles. The number of nitrogens with one attached hydrogen (secondary N) is 1. The third-order valence-corrected chi connectivity index (χ3v) is 3.68. The summed E-state index contributed by atoms with van der Waals surface area (Å²) >= 11 is 0. The number of anilines is 1. The number of aryl methyl sites for hydroxylation is 3. The van der Waals surface area contributed by atoms with Crippen LogP contribution in [-0.4, -0.2) is 11.7 Å². The lowest BCUT2D eigenvalue weighted by Crippen LogP contribution is -2.08. The van der Waals surface area contributed by atoms with Crippen molar-refractivity contribution in [2.24, 2.45) is 0 Å². The average Bonchev–Trinajstić information content (AvgIpc) is 2.42. The second-order valence-corrected chi connectivity index (χ2v) is 5.44. The SMILES string of the molecule is Cc1cccc(NCCC(O)c2ccc(C)c(C)c2)c1. The third-order valence-electron chi connectivity index (χ3n) is 3.68. The minimum absolute atomic E-state index is 0.411. The van der Waals surface area contributed by atoms with Crippen molar-refractivity contribution in [3.05, 3.63) is 64.7 Å². The summed E-state index contributed by atoms with van der Waals surface area (Å²) in [6, 6.07) is 14.4. The van der Waals surface area contributed by atoms with E-state index in [1.54, 1.807) is 0 Å². The van der Waals surface area contributed by atoms with Gasteiger partial charge in [-0.1, -0.05) is 30.3 Å². The van der Waals surface area contributed by atoms with Crippen molar-refractivity contribution in [2.75, 3.05) is 11.9 Å². The lowest BCUT2D eigenvalue weighted by Gasteiger charge is -2.14. The smallest absolute Gasteiger partial charge is 0.0806 e. The molecule has 20 heavy (non-hydrogen) atoms. The first-order chi connectivity index (χ1) is 9.56. The lowest BCUT2D eigenvalue weighted by atomic mass is 10.0. The molecule has 0 aromatic heterocycles. The Hall–Kier alpha value is -1.80. The number of rotatable bonds is 5. The van der Waals surface area contributed by atoms with Gasteiger partial charge >= 0.3 is 0 Å². The third kappa shape index (κ3) is 3.84. The van der Waals surface area contributed by atoms with Crippen LogP contribution in [0.5, 0.6) is 0 Å². The minimum Gasteiger partial charge on any atom is -0.388 e. The van der Waals surface area contributed by atoms with E-state index in [0.29, 0.717) is 6.42 Å². The Balaban J connectivity index is 1.88. The first-order valence-electron chi connectivity index (χ1n) is 7.12. The molecule has 2 rings (SSSR count). The van der Waals surface area contributed by atoms with Gasteiger partial charge in [-0.2, -0.15) is 0 Å². The fraction of sp³-hybridized carbons (Fsp3) is 0.333. The Morgan fingerprint density at radius 1 is 1.00 bits per heavy atom. The van der Waals surface area contributed by atoms with Gasteiger partial charge in [-0.05, 0) is 61.6 Å². The molecule has 2 N–H and O–H groups in total. The van der Waals surface area contributed by atoms with Crippen molar-refractivity contribution in [3.63, 3.8) is 0 Å². The van der Waals surface area contributed by atoms with Crippen LogP contribution in [0.25, 0.3) is 0 Å². The fourth-order valence-electron chi connectivity index (χ4n) is 2.25. The molecule has 0 aliphatic rings. The summed E-state index contributed by atoms with van der Waals surface area (Å²) in [7, 11) is 0. The maximum atomic E-state index is 10.2. The first-order valence-corrected chi connectivity index (χ1v) is 7.12. The summed E-state index contributed by atoms with van der Waals surface area (Å²) in [6.45, 7) is 7.01. The summed E-state index contributed by atoms with van der Waals surface area (Å²) in [5.74, 6) is 0. The van der Waals surface area contributed by atoms with Crippen LogP contribution >= 0.6 is 0 Å². The van der Waals surface area contributed by atoms with Gasteiger partial charge in [0.15, 0.2) is 0 Å². The van der Waals surface area contributed by atoms with E-state index >= 15 is 0 Å². The molecule has 2 aromatic rings. The van der Waals surface area contributed by atoms with Crippen LogP contribution in [0.4, 0.5) is 5.69 Å². The summed E-state index contributed by atoms with van der Waals surface area (Å²) in [4.78, 5) is 0. The van der Waals surface area contributed by atoms with Gasteiger partial charge in [0.2, 0.25) is 0 Å². The Morgan fingerprint density at radius 2 is 1.80 bits per heavy atom. The van der Waals surface area contributed by atoms with E-state index in [0.717, 1.165) is 17.8 Å². The average molecular weight is 269 g/mol. The van der Waals surface area contributed by atoms with Gasteiger partial charge in [-0.15, -0.1) is 0 Å². The van der Waals surface area contributed by atoms with Crippen molar-refractivity contribution in [1.82, 2.24) is 0 Å². The summed E-state index contributed by atoms with van der Waals surface area (Å²) in [5, 5.41) is 13.6. The highest BCUT2D eigenvalue weighted by Gasteiger charge is 2.08. The van der Waals surface area contributed by atoms with Crippen molar-refractivity contribution in [2.45, 2.75) is 33.3 Å². The van der Waals surface area contributed by atoms with E-state index in [2.05, 4.69) is 56.4 Å². The van der Waals surface area contributed by atoms with Gasteiger partial charge in [-0.3, -0.25) is 0 Å². The molecule has 106 valence electrons. The molecule has 2 heteroatoms. The molecule has 0 saturated heterocycles. The molecule has 0 spiro atoms. The second-order valence-electron chi connectivity index (χ2n) is 5.44. The van der Waals surface area contributed by atoms with Crippen molar-refractivity contribution < 1.29 is 5.11 Å². The maximum Gasteiger partial charge on any atom is 0.0806 e. The van der Waals surface area contributed by atoms with Crippen molar-refractivity contribution >= 4 is 5.69 Å². The molecular formula is C18H23NO. The minimum atomic E-state index is -0.411. The van der Waals surface area contributed by atoms with E-state index in [1.165, 1.54) is 16.7 Å². The number of aliphatic hydroxyl groups excluding tert-OH is 1. The van der Waals surface area contributed by atoms with E-state index in [4.69, 9.17) is 0 Å². The topological polar surface area (TPSA) is 32.3 Å². The molecule has 2 aromatic carbocycles. The van der Waals surface area contributed by atoms with E-state index in [-0.39, 0.29) is 0 Å². The molecular weight excluding hydrogens is 246 g/mol. The van der Waals surface area contributed by atoms with Gasteiger partial charge in [-0.25, -0.2) is 0 Å². The predicted molar refractivity (Wildman–Crippen MR) is 85.2 cm³/mol. The Bertz CT molecular complexity index is 577. The Labute approximate surface area is 121 Å². The molecule has 1 atom stereocenters. The molecule has 0 aliphatic heterocycles. The maximum absolute atomic E-state index is 10.2. The summed E-state index contributed by atoms with van der Waals surface area (Å²) in [6.07, 6.45) is 0.294. The van der Waals surface area contributed by atoms with Crippen molar-refractivity contribution in [3.8, 4) is 0 Å². The highest BCUT2D eigenvalue weighted by atomic mass is 16.3. The largest absolute Gasteiger partial charge is 0.388 e. The van der Waals surface area contributed by atoms with Gasteiger partial charge in [0.25, 0.3) is 0 Å². The second kappa shape index (κ2) is 6.58. The van der Waals surface area contributed by atoms with Crippen LogP contribution in [0.1, 0.15) is 34.8 Å². The van der Waals surface area contributed by atoms with Gasteiger partial charge in [0.05, 0.1) is 6.10 Å². The van der Waals surface area contributed by atoms with Crippen LogP contribution in [0.3, 0.4) is 0 Å². The van der Waals surface area contributed by atoms with Crippen LogP contribution < -0.4 is 5.32 Å². The van der Waals surface area contributed by atoms with Gasteiger partial charge in [0, 0.05) is 12.2 Å². The molecule has 0 aliphatic carbocycles. The van der Waals surface area contributed by atoms with E-state index in [1.807, 2.05) is 12.1 Å².